The molecule has 14 heavy (non-hydrogen) atoms. The van der Waals surface area contributed by atoms with E-state index in [1.54, 1.807) is 13.0 Å². The molecule has 2 heterocycles. The number of halogens is 1. The van der Waals surface area contributed by atoms with Gasteiger partial charge in [-0.3, -0.25) is 4.79 Å². The van der Waals surface area contributed by atoms with Crippen LogP contribution in [0.3, 0.4) is 0 Å². The largest absolute Gasteiger partial charge is 0.304 e. The molecule has 2 rings (SSSR count). The van der Waals surface area contributed by atoms with E-state index in [0.717, 1.165) is 5.69 Å². The van der Waals surface area contributed by atoms with Gasteiger partial charge >= 0.3 is 5.91 Å². The molecule has 1 aromatic rings. The van der Waals surface area contributed by atoms with E-state index < -0.39 is 0 Å². The molecular formula is C9H11ClN3O+. The van der Waals surface area contributed by atoms with Crippen molar-refractivity contribution in [3.63, 3.8) is 0 Å². The van der Waals surface area contributed by atoms with Crippen molar-refractivity contribution in [1.29, 1.82) is 0 Å². The fraction of sp³-hybridized carbons (Fsp3) is 0.333. The molecule has 0 spiro atoms. The Hall–Kier alpha value is -1.13. The van der Waals surface area contributed by atoms with Gasteiger partial charge < -0.3 is 0 Å². The molecule has 0 saturated heterocycles. The van der Waals surface area contributed by atoms with Crippen molar-refractivity contribution >= 4 is 23.2 Å². The van der Waals surface area contributed by atoms with Gasteiger partial charge in [-0.15, -0.1) is 0 Å². The monoisotopic (exact) mass is 212 g/mol. The number of carbonyl (C=O) groups excluding carboxylic acids is 1. The Morgan fingerprint density at radius 3 is 2.79 bits per heavy atom. The second kappa shape index (κ2) is 2.68. The number of hydrogen-bond donors (Lipinski definition) is 1. The summed E-state index contributed by atoms with van der Waals surface area (Å²) in [7, 11) is 3.78. The van der Waals surface area contributed by atoms with Gasteiger partial charge in [0.2, 0.25) is 0 Å². The maximum Gasteiger partial charge on any atom is 0.304 e. The van der Waals surface area contributed by atoms with Crippen LogP contribution in [0.4, 0.5) is 5.69 Å². The van der Waals surface area contributed by atoms with Crippen molar-refractivity contribution < 1.29 is 4.79 Å². The van der Waals surface area contributed by atoms with Crippen molar-refractivity contribution in [3.8, 4) is 0 Å². The van der Waals surface area contributed by atoms with Gasteiger partial charge in [-0.05, 0) is 6.92 Å². The van der Waals surface area contributed by atoms with Crippen molar-refractivity contribution in [3.05, 3.63) is 22.5 Å². The summed E-state index contributed by atoms with van der Waals surface area (Å²) >= 11 is 5.84. The zero-order valence-corrected chi connectivity index (χ0v) is 9.01. The molecule has 0 aromatic carbocycles. The zero-order chi connectivity index (χ0) is 10.5. The van der Waals surface area contributed by atoms with Gasteiger partial charge in [0, 0.05) is 6.07 Å². The summed E-state index contributed by atoms with van der Waals surface area (Å²) in [5.41, 5.74) is 5.01. The van der Waals surface area contributed by atoms with Gasteiger partial charge in [-0.1, -0.05) is 11.6 Å². The number of carbonyl (C=O) groups is 1. The fourth-order valence-corrected chi connectivity index (χ4v) is 1.94. The van der Waals surface area contributed by atoms with Crippen molar-refractivity contribution in [2.75, 3.05) is 14.1 Å². The van der Waals surface area contributed by atoms with Gasteiger partial charge in [-0.2, -0.15) is 10.0 Å². The minimum absolute atomic E-state index is 0.0910. The summed E-state index contributed by atoms with van der Waals surface area (Å²) in [5, 5.41) is 0.420. The lowest BCUT2D eigenvalue weighted by molar-refractivity contribution is 0.0900. The van der Waals surface area contributed by atoms with Crippen LogP contribution in [0.5, 0.6) is 0 Å². The van der Waals surface area contributed by atoms with Crippen LogP contribution in [0.25, 0.3) is 0 Å². The molecule has 1 N–H and O–H groups in total. The number of aryl methyl sites for hydroxylation is 1. The van der Waals surface area contributed by atoms with E-state index in [9.17, 15) is 4.79 Å². The molecule has 0 bridgehead atoms. The lowest BCUT2D eigenvalue weighted by Gasteiger charge is -2.21. The van der Waals surface area contributed by atoms with Gasteiger partial charge in [0.05, 0.1) is 19.8 Å². The van der Waals surface area contributed by atoms with Crippen LogP contribution in [0.1, 0.15) is 16.1 Å². The highest BCUT2D eigenvalue weighted by atomic mass is 35.5. The van der Waals surface area contributed by atoms with Gasteiger partial charge in [-0.25, -0.2) is 4.98 Å². The highest BCUT2D eigenvalue weighted by molar-refractivity contribution is 6.30. The van der Waals surface area contributed by atoms with E-state index in [4.69, 9.17) is 11.6 Å². The van der Waals surface area contributed by atoms with Crippen molar-refractivity contribution in [2.24, 2.45) is 0 Å². The SMILES string of the molecule is Cc1nc(Cl)cc2c1C(=O)N[N+]2(C)C. The second-order valence-corrected chi connectivity index (χ2v) is 4.21. The van der Waals surface area contributed by atoms with Crippen LogP contribution in [0, 0.1) is 6.92 Å². The van der Waals surface area contributed by atoms with E-state index in [0.29, 0.717) is 21.0 Å². The fourth-order valence-electron chi connectivity index (χ4n) is 1.71. The first-order valence-corrected chi connectivity index (χ1v) is 4.64. The van der Waals surface area contributed by atoms with E-state index >= 15 is 0 Å². The number of rotatable bonds is 0. The Labute approximate surface area is 87.1 Å². The molecule has 1 amide bonds. The highest BCUT2D eigenvalue weighted by Crippen LogP contribution is 2.31. The minimum Gasteiger partial charge on any atom is -0.264 e. The number of aromatic nitrogens is 1. The summed E-state index contributed by atoms with van der Waals surface area (Å²) in [6.07, 6.45) is 0. The van der Waals surface area contributed by atoms with E-state index in [1.165, 1.54) is 0 Å². The standard InChI is InChI=1S/C9H10ClN3O/c1-5-8-6(4-7(10)11-5)13(2,3)12-9(8)14/h4H,1-3H3/p+1. The number of quaternary nitrogens is 1. The molecule has 74 valence electrons. The summed E-state index contributed by atoms with van der Waals surface area (Å²) in [5.74, 6) is -0.0910. The van der Waals surface area contributed by atoms with Gasteiger partial charge in [0.15, 0.2) is 5.69 Å². The summed E-state index contributed by atoms with van der Waals surface area (Å²) < 4.78 is 0.317. The zero-order valence-electron chi connectivity index (χ0n) is 8.26. The van der Waals surface area contributed by atoms with Crippen LogP contribution in [0.15, 0.2) is 6.07 Å². The summed E-state index contributed by atoms with van der Waals surface area (Å²) in [6.45, 7) is 1.79. The van der Waals surface area contributed by atoms with Crippen LogP contribution in [-0.2, 0) is 0 Å². The first-order valence-electron chi connectivity index (χ1n) is 4.26. The molecule has 1 aliphatic rings. The van der Waals surface area contributed by atoms with Crippen molar-refractivity contribution in [1.82, 2.24) is 15.0 Å². The summed E-state index contributed by atoms with van der Waals surface area (Å²) in [4.78, 5) is 15.7. The Balaban J connectivity index is 2.75. The van der Waals surface area contributed by atoms with Crippen LogP contribution >= 0.6 is 11.6 Å². The Bertz CT molecular complexity index is 428. The average Bonchev–Trinajstić information content (AvgIpc) is 2.21. The molecule has 0 saturated carbocycles. The molecular weight excluding hydrogens is 202 g/mol. The molecule has 1 aromatic heterocycles. The molecule has 0 atom stereocenters. The van der Waals surface area contributed by atoms with Gasteiger partial charge in [0.1, 0.15) is 10.7 Å². The van der Waals surface area contributed by atoms with E-state index in [2.05, 4.69) is 10.4 Å². The molecule has 0 radical (unpaired) electrons. The topological polar surface area (TPSA) is 42.0 Å². The quantitative estimate of drug-likeness (QED) is 0.520. The second-order valence-electron chi connectivity index (χ2n) is 3.82. The normalized spacial score (nSPS) is 17.9. The lowest BCUT2D eigenvalue weighted by Crippen LogP contribution is -2.50. The average molecular weight is 213 g/mol. The molecule has 1 aliphatic heterocycles. The predicted octanol–water partition coefficient (Wildman–Crippen LogP) is 1.27. The number of nitrogens with one attached hydrogen (secondary N) is 1. The highest BCUT2D eigenvalue weighted by Gasteiger charge is 2.38. The minimum atomic E-state index is -0.0910. The van der Waals surface area contributed by atoms with Crippen molar-refractivity contribution in [2.45, 2.75) is 6.92 Å². The molecule has 5 heteroatoms. The first-order chi connectivity index (χ1) is 6.42. The Morgan fingerprint density at radius 2 is 2.14 bits per heavy atom. The van der Waals surface area contributed by atoms with Crippen LogP contribution in [-0.4, -0.2) is 25.0 Å². The maximum absolute atomic E-state index is 11.6. The first kappa shape index (κ1) is 9.43. The third-order valence-corrected chi connectivity index (χ3v) is 2.55. The predicted molar refractivity (Wildman–Crippen MR) is 55.1 cm³/mol. The third kappa shape index (κ3) is 1.19. The van der Waals surface area contributed by atoms with Crippen LogP contribution < -0.4 is 10.0 Å². The number of nitrogens with zero attached hydrogens (tertiary/aromatic N) is 2. The molecule has 0 fully saturated rings. The smallest absolute Gasteiger partial charge is 0.264 e. The van der Waals surface area contributed by atoms with E-state index in [1.807, 2.05) is 14.1 Å². The number of pyridine rings is 1. The lowest BCUT2D eigenvalue weighted by atomic mass is 10.1. The molecule has 4 nitrogen and oxygen atoms in total. The summed E-state index contributed by atoms with van der Waals surface area (Å²) in [6, 6.07) is 1.72. The third-order valence-electron chi connectivity index (χ3n) is 2.36. The number of hydrogen-bond acceptors (Lipinski definition) is 2. The van der Waals surface area contributed by atoms with Gasteiger partial charge in [0.25, 0.3) is 0 Å². The number of amides is 1. The maximum atomic E-state index is 11.6. The van der Waals surface area contributed by atoms with E-state index in [-0.39, 0.29) is 5.91 Å². The molecule has 0 unspecified atom stereocenters. The number of fused-ring (bicyclic) bond motifs is 1. The molecule has 0 aliphatic carbocycles. The Kier molecular flexibility index (Phi) is 1.81. The Morgan fingerprint density at radius 1 is 1.50 bits per heavy atom. The van der Waals surface area contributed by atoms with Crippen LogP contribution in [0.2, 0.25) is 5.15 Å².